The Morgan fingerprint density at radius 1 is 1.10 bits per heavy atom. The van der Waals surface area contributed by atoms with Crippen LogP contribution in [-0.4, -0.2) is 30.8 Å². The van der Waals surface area contributed by atoms with Crippen LogP contribution in [0, 0.1) is 0 Å². The number of benzene rings is 2. The van der Waals surface area contributed by atoms with E-state index in [0.29, 0.717) is 16.5 Å². The fourth-order valence-corrected chi connectivity index (χ4v) is 2.22. The van der Waals surface area contributed by atoms with E-state index >= 15 is 0 Å². The highest BCUT2D eigenvalue weighted by Crippen LogP contribution is 2.27. The van der Waals surface area contributed by atoms with Gasteiger partial charge in [0.05, 0.1) is 0 Å². The lowest BCUT2D eigenvalue weighted by Crippen LogP contribution is -2.28. The van der Waals surface area contributed by atoms with Crippen molar-refractivity contribution in [2.45, 2.75) is 11.1 Å². The first-order chi connectivity index (χ1) is 9.27. The Balaban J connectivity index is 0.000000347. The Morgan fingerprint density at radius 2 is 1.60 bits per heavy atom. The molecule has 0 spiro atoms. The molecule has 0 aliphatic heterocycles. The number of aliphatic hydroxyl groups excluding tert-OH is 1. The van der Waals surface area contributed by atoms with Crippen molar-refractivity contribution < 1.29 is 18.1 Å². The van der Waals surface area contributed by atoms with Gasteiger partial charge in [-0.2, -0.15) is 8.42 Å². The molecule has 0 radical (unpaired) electrons. The van der Waals surface area contributed by atoms with E-state index in [0.717, 1.165) is 0 Å². The van der Waals surface area contributed by atoms with E-state index < -0.39 is 16.3 Å². The highest BCUT2D eigenvalue weighted by Gasteiger charge is 2.14. The van der Waals surface area contributed by atoms with Gasteiger partial charge in [-0.05, 0) is 12.1 Å². The van der Waals surface area contributed by atoms with Crippen molar-refractivity contribution in [1.82, 2.24) is 0 Å². The summed E-state index contributed by atoms with van der Waals surface area (Å²) in [6.45, 7) is 0.139. The molecule has 0 heterocycles. The summed E-state index contributed by atoms with van der Waals surface area (Å²) in [6.07, 6.45) is -0.838. The Morgan fingerprint density at radius 3 is 2.05 bits per heavy atom. The molecule has 20 heavy (non-hydrogen) atoms. The molecule has 0 aliphatic carbocycles. The SMILES string of the molecule is NCC(N)O.Nc1ccc(S(=O)(=O)O)c2ccccc12. The molecule has 0 bridgehead atoms. The van der Waals surface area contributed by atoms with Crippen molar-refractivity contribution in [1.29, 1.82) is 0 Å². The summed E-state index contributed by atoms with van der Waals surface area (Å²) < 4.78 is 31.2. The number of hydrogen-bond donors (Lipinski definition) is 5. The molecule has 1 unspecified atom stereocenters. The molecule has 110 valence electrons. The molecular formula is C12H17N3O4S. The maximum atomic E-state index is 11.1. The van der Waals surface area contributed by atoms with E-state index in [1.54, 1.807) is 24.3 Å². The Labute approximate surface area is 116 Å². The van der Waals surface area contributed by atoms with Crippen LogP contribution in [0.4, 0.5) is 5.69 Å². The highest BCUT2D eigenvalue weighted by molar-refractivity contribution is 7.86. The molecule has 2 aromatic carbocycles. The number of nitrogens with two attached hydrogens (primary N) is 3. The van der Waals surface area contributed by atoms with Gasteiger partial charge in [0.15, 0.2) is 0 Å². The molecule has 0 saturated heterocycles. The van der Waals surface area contributed by atoms with Crippen molar-refractivity contribution in [3.63, 3.8) is 0 Å². The predicted molar refractivity (Wildman–Crippen MR) is 77.4 cm³/mol. The third-order valence-corrected chi connectivity index (χ3v) is 3.35. The largest absolute Gasteiger partial charge is 0.398 e. The van der Waals surface area contributed by atoms with Crippen LogP contribution in [0.15, 0.2) is 41.3 Å². The summed E-state index contributed by atoms with van der Waals surface area (Å²) in [4.78, 5) is -0.118. The first-order valence-electron chi connectivity index (χ1n) is 5.65. The predicted octanol–water partition coefficient (Wildman–Crippen LogP) is -0.109. The van der Waals surface area contributed by atoms with E-state index in [2.05, 4.69) is 0 Å². The minimum Gasteiger partial charge on any atom is -0.398 e. The van der Waals surface area contributed by atoms with Gasteiger partial charge in [0.1, 0.15) is 11.1 Å². The fourth-order valence-electron chi connectivity index (χ4n) is 1.52. The van der Waals surface area contributed by atoms with Crippen LogP contribution in [0.3, 0.4) is 0 Å². The first kappa shape index (κ1) is 16.3. The maximum Gasteiger partial charge on any atom is 0.295 e. The van der Waals surface area contributed by atoms with Gasteiger partial charge < -0.3 is 22.3 Å². The second kappa shape index (κ2) is 6.64. The smallest absolute Gasteiger partial charge is 0.295 e. The second-order valence-corrected chi connectivity index (χ2v) is 5.37. The average Bonchev–Trinajstić information content (AvgIpc) is 2.38. The summed E-state index contributed by atoms with van der Waals surface area (Å²) in [5.41, 5.74) is 15.7. The lowest BCUT2D eigenvalue weighted by molar-refractivity contribution is 0.191. The first-order valence-corrected chi connectivity index (χ1v) is 7.09. The standard InChI is InChI=1S/C10H9NO3S.C2H8N2O/c11-9-5-6-10(15(12,13)14)8-4-2-1-3-7(8)9;3-1-2(4)5/h1-6H,11H2,(H,12,13,14);2,5H,1,3-4H2. The molecule has 0 fully saturated rings. The lowest BCUT2D eigenvalue weighted by atomic mass is 10.1. The topological polar surface area (TPSA) is 153 Å². The van der Waals surface area contributed by atoms with Crippen LogP contribution in [0.2, 0.25) is 0 Å². The third-order valence-electron chi connectivity index (χ3n) is 2.44. The van der Waals surface area contributed by atoms with Crippen LogP contribution in [0.5, 0.6) is 0 Å². The maximum absolute atomic E-state index is 11.1. The normalized spacial score (nSPS) is 12.6. The molecule has 8 heteroatoms. The molecule has 0 saturated carbocycles. The zero-order valence-corrected chi connectivity index (χ0v) is 11.4. The molecule has 0 aromatic heterocycles. The molecule has 7 nitrogen and oxygen atoms in total. The molecule has 8 N–H and O–H groups in total. The van der Waals surface area contributed by atoms with Gasteiger partial charge in [-0.25, -0.2) is 0 Å². The molecule has 0 aliphatic rings. The van der Waals surface area contributed by atoms with E-state index in [1.807, 2.05) is 0 Å². The van der Waals surface area contributed by atoms with E-state index in [1.165, 1.54) is 12.1 Å². The quantitative estimate of drug-likeness (QED) is 0.294. The van der Waals surface area contributed by atoms with Crippen LogP contribution in [-0.2, 0) is 10.1 Å². The number of nitrogen functional groups attached to an aromatic ring is 1. The zero-order chi connectivity index (χ0) is 15.3. The highest BCUT2D eigenvalue weighted by atomic mass is 32.2. The molecular weight excluding hydrogens is 282 g/mol. The van der Waals surface area contributed by atoms with Gasteiger partial charge in [-0.15, -0.1) is 0 Å². The summed E-state index contributed by atoms with van der Waals surface area (Å²) in [5, 5.41) is 9.06. The third kappa shape index (κ3) is 4.15. The van der Waals surface area contributed by atoms with Gasteiger partial charge in [0, 0.05) is 23.0 Å². The summed E-state index contributed by atoms with van der Waals surface area (Å²) >= 11 is 0. The number of anilines is 1. The van der Waals surface area contributed by atoms with Crippen molar-refractivity contribution in [3.05, 3.63) is 36.4 Å². The van der Waals surface area contributed by atoms with Crippen molar-refractivity contribution in [2.24, 2.45) is 11.5 Å². The minimum atomic E-state index is -4.20. The summed E-state index contributed by atoms with van der Waals surface area (Å²) in [6, 6.07) is 9.52. The lowest BCUT2D eigenvalue weighted by Gasteiger charge is -2.05. The van der Waals surface area contributed by atoms with Gasteiger partial charge in [0.25, 0.3) is 10.1 Å². The van der Waals surface area contributed by atoms with Crippen molar-refractivity contribution in [2.75, 3.05) is 12.3 Å². The van der Waals surface area contributed by atoms with Gasteiger partial charge >= 0.3 is 0 Å². The van der Waals surface area contributed by atoms with Gasteiger partial charge in [0.2, 0.25) is 0 Å². The van der Waals surface area contributed by atoms with Gasteiger partial charge in [-0.1, -0.05) is 24.3 Å². The van der Waals surface area contributed by atoms with Crippen molar-refractivity contribution in [3.8, 4) is 0 Å². The zero-order valence-electron chi connectivity index (χ0n) is 10.6. The molecule has 1 atom stereocenters. The fraction of sp³-hybridized carbons (Fsp3) is 0.167. The van der Waals surface area contributed by atoms with Gasteiger partial charge in [-0.3, -0.25) is 4.55 Å². The number of rotatable bonds is 2. The van der Waals surface area contributed by atoms with Crippen LogP contribution >= 0.6 is 0 Å². The Kier molecular flexibility index (Phi) is 5.43. The van der Waals surface area contributed by atoms with Crippen molar-refractivity contribution >= 4 is 26.6 Å². The molecule has 2 aromatic rings. The number of aliphatic hydroxyl groups is 1. The Hall–Kier alpha value is -1.71. The van der Waals surface area contributed by atoms with Crippen LogP contribution < -0.4 is 17.2 Å². The van der Waals surface area contributed by atoms with E-state index in [9.17, 15) is 8.42 Å². The number of fused-ring (bicyclic) bond motifs is 1. The van der Waals surface area contributed by atoms with Crippen LogP contribution in [0.25, 0.3) is 10.8 Å². The van der Waals surface area contributed by atoms with E-state index in [4.69, 9.17) is 26.9 Å². The second-order valence-electron chi connectivity index (χ2n) is 3.98. The minimum absolute atomic E-state index is 0.118. The molecule has 0 amide bonds. The average molecular weight is 299 g/mol. The summed E-state index contributed by atoms with van der Waals surface area (Å²) in [7, 11) is -4.20. The number of hydrogen-bond acceptors (Lipinski definition) is 6. The van der Waals surface area contributed by atoms with Crippen LogP contribution in [0.1, 0.15) is 0 Å². The monoisotopic (exact) mass is 299 g/mol. The molecule has 2 rings (SSSR count). The Bertz CT molecular complexity index is 686. The van der Waals surface area contributed by atoms with E-state index in [-0.39, 0.29) is 11.4 Å². The summed E-state index contributed by atoms with van der Waals surface area (Å²) in [5.74, 6) is 0.